The molecule has 6 rings (SSSR count). The van der Waals surface area contributed by atoms with Crippen LogP contribution < -0.4 is 10.1 Å². The second-order valence-corrected chi connectivity index (χ2v) is 15.0. The highest BCUT2D eigenvalue weighted by molar-refractivity contribution is 6.07. The molecule has 3 aromatic carbocycles. The maximum absolute atomic E-state index is 14.3. The lowest BCUT2D eigenvalue weighted by molar-refractivity contribution is -0.120. The number of benzene rings is 3. The summed E-state index contributed by atoms with van der Waals surface area (Å²) in [5, 5.41) is 2.98. The van der Waals surface area contributed by atoms with Crippen LogP contribution in [-0.2, 0) is 20.8 Å². The maximum atomic E-state index is 14.3. The standard InChI is InChI=1S/C41H46N2O4/c1-26-13-12-17-30(27(26)2)42-36(46)25-47-35-18-11-10-16-29(35)37-38-31(21-40(3,4)23-33(38)44)43(20-19-28-14-8-7-9-15-28)32-22-41(5,6)24-34(45)39(32)37/h7-18,37H,19-25H2,1-6H3,(H,42,46). The Morgan fingerprint density at radius 3 is 2.02 bits per heavy atom. The Kier molecular flexibility index (Phi) is 8.73. The van der Waals surface area contributed by atoms with Crippen LogP contribution in [0.2, 0.25) is 0 Å². The number of nitrogens with one attached hydrogen (secondary N) is 1. The van der Waals surface area contributed by atoms with Crippen molar-refractivity contribution in [3.63, 3.8) is 0 Å². The third kappa shape index (κ3) is 6.69. The quantitative estimate of drug-likeness (QED) is 0.271. The molecule has 0 aromatic heterocycles. The Bertz CT molecular complexity index is 1740. The van der Waals surface area contributed by atoms with Crippen LogP contribution in [0, 0.1) is 24.7 Å². The zero-order valence-corrected chi connectivity index (χ0v) is 28.5. The van der Waals surface area contributed by atoms with E-state index in [0.717, 1.165) is 53.0 Å². The number of amides is 1. The van der Waals surface area contributed by atoms with Gasteiger partial charge in [-0.1, -0.05) is 88.4 Å². The van der Waals surface area contributed by atoms with Crippen molar-refractivity contribution in [2.75, 3.05) is 18.5 Å². The second-order valence-electron chi connectivity index (χ2n) is 15.0. The summed E-state index contributed by atoms with van der Waals surface area (Å²) in [6, 6.07) is 23.8. The Morgan fingerprint density at radius 2 is 1.38 bits per heavy atom. The summed E-state index contributed by atoms with van der Waals surface area (Å²) < 4.78 is 6.25. The van der Waals surface area contributed by atoms with Crippen LogP contribution in [0.3, 0.4) is 0 Å². The van der Waals surface area contributed by atoms with Crippen LogP contribution in [0.25, 0.3) is 0 Å². The summed E-state index contributed by atoms with van der Waals surface area (Å²) >= 11 is 0. The fourth-order valence-electron chi connectivity index (χ4n) is 7.58. The second kappa shape index (κ2) is 12.6. The molecule has 0 unspecified atom stereocenters. The monoisotopic (exact) mass is 630 g/mol. The van der Waals surface area contributed by atoms with Crippen molar-refractivity contribution in [2.24, 2.45) is 10.8 Å². The van der Waals surface area contributed by atoms with Crippen LogP contribution in [0.5, 0.6) is 5.75 Å². The van der Waals surface area contributed by atoms with Crippen LogP contribution in [0.15, 0.2) is 95.3 Å². The smallest absolute Gasteiger partial charge is 0.262 e. The third-order valence-corrected chi connectivity index (χ3v) is 9.96. The predicted molar refractivity (Wildman–Crippen MR) is 186 cm³/mol. The molecule has 0 spiro atoms. The van der Waals surface area contributed by atoms with Gasteiger partial charge >= 0.3 is 0 Å². The number of ether oxygens (including phenoxy) is 1. The minimum Gasteiger partial charge on any atom is -0.483 e. The normalized spacial score (nSPS) is 19.0. The average Bonchev–Trinajstić information content (AvgIpc) is 3.00. The van der Waals surface area contributed by atoms with Gasteiger partial charge in [-0.3, -0.25) is 14.4 Å². The van der Waals surface area contributed by atoms with Gasteiger partial charge in [-0.05, 0) is 72.8 Å². The van der Waals surface area contributed by atoms with Crippen molar-refractivity contribution in [2.45, 2.75) is 79.6 Å². The molecule has 3 aliphatic rings. The first kappa shape index (κ1) is 32.5. The molecule has 6 heteroatoms. The zero-order valence-electron chi connectivity index (χ0n) is 28.5. The Balaban J connectivity index is 1.41. The van der Waals surface area contributed by atoms with E-state index in [1.54, 1.807) is 0 Å². The largest absolute Gasteiger partial charge is 0.483 e. The molecule has 1 aliphatic heterocycles. The first-order valence-electron chi connectivity index (χ1n) is 16.8. The molecule has 6 nitrogen and oxygen atoms in total. The van der Waals surface area contributed by atoms with E-state index < -0.39 is 5.92 Å². The summed E-state index contributed by atoms with van der Waals surface area (Å²) in [5.74, 6) is -0.135. The lowest BCUT2D eigenvalue weighted by atomic mass is 9.63. The van der Waals surface area contributed by atoms with E-state index in [1.807, 2.05) is 62.4 Å². The number of hydrogen-bond acceptors (Lipinski definition) is 5. The lowest BCUT2D eigenvalue weighted by Gasteiger charge is -2.49. The van der Waals surface area contributed by atoms with E-state index in [1.165, 1.54) is 5.56 Å². The van der Waals surface area contributed by atoms with Gasteiger partial charge in [0, 0.05) is 59.1 Å². The molecule has 1 heterocycles. The molecule has 0 fully saturated rings. The molecule has 0 saturated heterocycles. The Hall–Kier alpha value is -4.45. The summed E-state index contributed by atoms with van der Waals surface area (Å²) in [5.41, 5.74) is 7.90. The molecule has 1 amide bonds. The van der Waals surface area contributed by atoms with E-state index in [0.29, 0.717) is 36.3 Å². The number of rotatable bonds is 8. The van der Waals surface area contributed by atoms with Crippen molar-refractivity contribution in [1.29, 1.82) is 0 Å². The third-order valence-electron chi connectivity index (χ3n) is 9.96. The molecule has 0 radical (unpaired) electrons. The van der Waals surface area contributed by atoms with Gasteiger partial charge in [0.15, 0.2) is 18.2 Å². The summed E-state index contributed by atoms with van der Waals surface area (Å²) in [6.45, 7) is 13.1. The highest BCUT2D eigenvalue weighted by atomic mass is 16.5. The van der Waals surface area contributed by atoms with E-state index in [9.17, 15) is 14.4 Å². The molecule has 1 N–H and O–H groups in total. The highest BCUT2D eigenvalue weighted by Crippen LogP contribution is 2.55. The number of carbonyl (C=O) groups is 3. The number of hydrogen-bond donors (Lipinski definition) is 1. The molecule has 244 valence electrons. The molecule has 0 bridgehead atoms. The summed E-state index contributed by atoms with van der Waals surface area (Å²) in [7, 11) is 0. The van der Waals surface area contributed by atoms with Crippen molar-refractivity contribution in [1.82, 2.24) is 4.90 Å². The van der Waals surface area contributed by atoms with Gasteiger partial charge in [-0.15, -0.1) is 0 Å². The first-order chi connectivity index (χ1) is 22.3. The van der Waals surface area contributed by atoms with E-state index in [2.05, 4.69) is 62.2 Å². The van der Waals surface area contributed by atoms with Gasteiger partial charge in [-0.25, -0.2) is 0 Å². The van der Waals surface area contributed by atoms with Crippen molar-refractivity contribution in [3.05, 3.63) is 118 Å². The number of allylic oxidation sites excluding steroid dienone is 4. The van der Waals surface area contributed by atoms with Crippen molar-refractivity contribution >= 4 is 23.2 Å². The molecule has 0 atom stereocenters. The van der Waals surface area contributed by atoms with Crippen molar-refractivity contribution in [3.8, 4) is 5.75 Å². The van der Waals surface area contributed by atoms with Gasteiger partial charge in [0.05, 0.1) is 0 Å². The fourth-order valence-corrected chi connectivity index (χ4v) is 7.58. The van der Waals surface area contributed by atoms with E-state index in [-0.39, 0.29) is 34.9 Å². The molecule has 0 saturated carbocycles. The van der Waals surface area contributed by atoms with Crippen LogP contribution in [0.1, 0.15) is 81.5 Å². The number of carbonyl (C=O) groups excluding carboxylic acids is 3. The van der Waals surface area contributed by atoms with Gasteiger partial charge in [0.25, 0.3) is 5.91 Å². The highest BCUT2D eigenvalue weighted by Gasteiger charge is 2.49. The number of anilines is 1. The van der Waals surface area contributed by atoms with Gasteiger partial charge in [0.2, 0.25) is 0 Å². The number of aryl methyl sites for hydroxylation is 1. The number of Topliss-reactive ketones (excluding diaryl/α,β-unsaturated/α-hetero) is 2. The zero-order chi connectivity index (χ0) is 33.5. The summed E-state index contributed by atoms with van der Waals surface area (Å²) in [6.07, 6.45) is 3.12. The van der Waals surface area contributed by atoms with E-state index in [4.69, 9.17) is 4.74 Å². The Morgan fingerprint density at radius 1 is 0.787 bits per heavy atom. The lowest BCUT2D eigenvalue weighted by Crippen LogP contribution is -2.45. The number of ketones is 2. The topological polar surface area (TPSA) is 75.7 Å². The van der Waals surface area contributed by atoms with E-state index >= 15 is 0 Å². The van der Waals surface area contributed by atoms with Crippen molar-refractivity contribution < 1.29 is 19.1 Å². The van der Waals surface area contributed by atoms with Crippen LogP contribution in [-0.4, -0.2) is 35.5 Å². The summed E-state index contributed by atoms with van der Waals surface area (Å²) in [4.78, 5) is 44.0. The molecule has 3 aromatic rings. The van der Waals surface area contributed by atoms with Gasteiger partial charge < -0.3 is 15.0 Å². The minimum absolute atomic E-state index is 0.0811. The number of nitrogens with zero attached hydrogens (tertiary/aromatic N) is 1. The Labute approximate surface area is 278 Å². The SMILES string of the molecule is Cc1cccc(NC(=O)COc2ccccc2C2C3=C(CC(C)(C)CC3=O)N(CCc3ccccc3)C3=C2C(=O)CC(C)(C)C3)c1C. The average molecular weight is 631 g/mol. The van der Waals surface area contributed by atoms with Gasteiger partial charge in [-0.2, -0.15) is 0 Å². The van der Waals surface area contributed by atoms with Crippen LogP contribution in [0.4, 0.5) is 5.69 Å². The first-order valence-corrected chi connectivity index (χ1v) is 16.8. The number of para-hydroxylation sites is 1. The van der Waals surface area contributed by atoms with Crippen LogP contribution >= 0.6 is 0 Å². The fraction of sp³-hybridized carbons (Fsp3) is 0.390. The molecular weight excluding hydrogens is 584 g/mol. The van der Waals surface area contributed by atoms with Gasteiger partial charge in [0.1, 0.15) is 5.75 Å². The molecule has 47 heavy (non-hydrogen) atoms. The maximum Gasteiger partial charge on any atom is 0.262 e. The minimum atomic E-state index is -0.543. The molecular formula is C41H46N2O4. The molecule has 2 aliphatic carbocycles. The predicted octanol–water partition coefficient (Wildman–Crippen LogP) is 8.25.